The molecule has 23 heavy (non-hydrogen) atoms. The van der Waals surface area contributed by atoms with Crippen LogP contribution in [0.2, 0.25) is 5.02 Å². The summed E-state index contributed by atoms with van der Waals surface area (Å²) < 4.78 is 0. The average molecular weight is 349 g/mol. The molecule has 0 saturated heterocycles. The first kappa shape index (κ1) is 16.5. The molecule has 1 amide bonds. The van der Waals surface area contributed by atoms with E-state index in [0.29, 0.717) is 27.1 Å². The number of fused-ring (bicyclic) bond motifs is 1. The molecule has 0 aliphatic heterocycles. The number of hydrogen-bond acceptors (Lipinski definition) is 3. The molecule has 1 aromatic heterocycles. The molecule has 1 N–H and O–H groups in total. The number of aryl methyl sites for hydroxylation is 1. The zero-order chi connectivity index (χ0) is 16.6. The molecule has 0 bridgehead atoms. The van der Waals surface area contributed by atoms with E-state index in [-0.39, 0.29) is 5.91 Å². The molecular formula is C18H21ClN2OS. The van der Waals surface area contributed by atoms with Gasteiger partial charge in [-0.15, -0.1) is 11.3 Å². The van der Waals surface area contributed by atoms with Crippen molar-refractivity contribution >= 4 is 34.0 Å². The van der Waals surface area contributed by atoms with Crippen LogP contribution in [0.1, 0.15) is 48.1 Å². The predicted octanol–water partition coefficient (Wildman–Crippen LogP) is 5.20. The third kappa shape index (κ3) is 3.59. The highest BCUT2D eigenvalue weighted by atomic mass is 35.5. The van der Waals surface area contributed by atoms with Crippen LogP contribution in [0.5, 0.6) is 0 Å². The molecule has 2 aromatic rings. The highest BCUT2D eigenvalue weighted by Crippen LogP contribution is 2.40. The summed E-state index contributed by atoms with van der Waals surface area (Å²) in [5.74, 6) is 0.469. The number of amides is 1. The lowest BCUT2D eigenvalue weighted by atomic mass is 9.73. The molecule has 5 heteroatoms. The molecule has 1 aliphatic rings. The van der Waals surface area contributed by atoms with Gasteiger partial charge in [0, 0.05) is 4.88 Å². The zero-order valence-corrected chi connectivity index (χ0v) is 15.2. The van der Waals surface area contributed by atoms with Crippen molar-refractivity contribution in [3.8, 4) is 0 Å². The van der Waals surface area contributed by atoms with Crippen molar-refractivity contribution in [2.24, 2.45) is 11.3 Å². The lowest BCUT2D eigenvalue weighted by Crippen LogP contribution is -2.26. The second-order valence-corrected chi connectivity index (χ2v) is 8.62. The minimum absolute atomic E-state index is 0.200. The van der Waals surface area contributed by atoms with E-state index in [4.69, 9.17) is 11.6 Å². The van der Waals surface area contributed by atoms with Crippen molar-refractivity contribution in [2.75, 3.05) is 5.32 Å². The van der Waals surface area contributed by atoms with Crippen LogP contribution in [0.15, 0.2) is 24.3 Å². The molecule has 122 valence electrons. The smallest absolute Gasteiger partial charge is 0.258 e. The quantitative estimate of drug-likeness (QED) is 0.810. The number of carbonyl (C=O) groups excluding carboxylic acids is 1. The maximum atomic E-state index is 12.3. The van der Waals surface area contributed by atoms with Gasteiger partial charge in [-0.25, -0.2) is 4.98 Å². The summed E-state index contributed by atoms with van der Waals surface area (Å²) in [4.78, 5) is 18.3. The SMILES string of the molecule is CC(C)(C)[C@@H]1CCc2nc(NC(=O)c3ccccc3Cl)sc2C1. The first-order valence-corrected chi connectivity index (χ1v) is 9.08. The van der Waals surface area contributed by atoms with Gasteiger partial charge in [-0.2, -0.15) is 0 Å². The highest BCUT2D eigenvalue weighted by molar-refractivity contribution is 7.15. The Bertz CT molecular complexity index is 733. The van der Waals surface area contributed by atoms with Crippen LogP contribution in [-0.2, 0) is 12.8 Å². The number of thiazole rings is 1. The lowest BCUT2D eigenvalue weighted by Gasteiger charge is -2.33. The minimum atomic E-state index is -0.200. The Morgan fingerprint density at radius 3 is 2.78 bits per heavy atom. The first-order chi connectivity index (χ1) is 10.8. The molecule has 1 heterocycles. The topological polar surface area (TPSA) is 42.0 Å². The fraction of sp³-hybridized carbons (Fsp3) is 0.444. The van der Waals surface area contributed by atoms with E-state index in [1.165, 1.54) is 4.88 Å². The van der Waals surface area contributed by atoms with E-state index in [2.05, 4.69) is 31.1 Å². The van der Waals surface area contributed by atoms with Gasteiger partial charge >= 0.3 is 0 Å². The van der Waals surface area contributed by atoms with Crippen molar-refractivity contribution < 1.29 is 4.79 Å². The lowest BCUT2D eigenvalue weighted by molar-refractivity contribution is 0.102. The van der Waals surface area contributed by atoms with Crippen molar-refractivity contribution in [3.63, 3.8) is 0 Å². The van der Waals surface area contributed by atoms with Gasteiger partial charge in [0.2, 0.25) is 0 Å². The molecule has 3 nitrogen and oxygen atoms in total. The third-order valence-electron chi connectivity index (χ3n) is 4.50. The van der Waals surface area contributed by atoms with E-state index in [9.17, 15) is 4.79 Å². The third-order valence-corrected chi connectivity index (χ3v) is 5.87. The molecule has 3 rings (SSSR count). The zero-order valence-electron chi connectivity index (χ0n) is 13.6. The van der Waals surface area contributed by atoms with Gasteiger partial charge in [-0.1, -0.05) is 44.5 Å². The van der Waals surface area contributed by atoms with Gasteiger partial charge in [0.15, 0.2) is 5.13 Å². The van der Waals surface area contributed by atoms with Gasteiger partial charge in [0.25, 0.3) is 5.91 Å². The molecule has 1 atom stereocenters. The molecule has 0 unspecified atom stereocenters. The van der Waals surface area contributed by atoms with Crippen molar-refractivity contribution in [2.45, 2.75) is 40.0 Å². The summed E-state index contributed by atoms with van der Waals surface area (Å²) >= 11 is 7.68. The number of benzene rings is 1. The Labute approximate surface area is 146 Å². The van der Waals surface area contributed by atoms with Crippen LogP contribution < -0.4 is 5.32 Å². The van der Waals surface area contributed by atoms with E-state index in [1.54, 1.807) is 23.5 Å². The second-order valence-electron chi connectivity index (χ2n) is 7.13. The van der Waals surface area contributed by atoms with E-state index >= 15 is 0 Å². The Balaban J connectivity index is 1.76. The summed E-state index contributed by atoms with van der Waals surface area (Å²) in [5, 5.41) is 4.03. The van der Waals surface area contributed by atoms with Crippen molar-refractivity contribution in [1.82, 2.24) is 4.98 Å². The number of carbonyl (C=O) groups is 1. The molecule has 0 fully saturated rings. The van der Waals surface area contributed by atoms with Gasteiger partial charge in [-0.05, 0) is 42.7 Å². The largest absolute Gasteiger partial charge is 0.298 e. The summed E-state index contributed by atoms with van der Waals surface area (Å²) in [6.07, 6.45) is 3.21. The number of nitrogens with one attached hydrogen (secondary N) is 1. The van der Waals surface area contributed by atoms with Crippen LogP contribution in [0.3, 0.4) is 0 Å². The summed E-state index contributed by atoms with van der Waals surface area (Å²) in [6.45, 7) is 6.89. The van der Waals surface area contributed by atoms with E-state index in [0.717, 1.165) is 25.0 Å². The molecule has 0 saturated carbocycles. The fourth-order valence-corrected chi connectivity index (χ4v) is 4.28. The number of rotatable bonds is 2. The average Bonchev–Trinajstić information content (AvgIpc) is 2.87. The van der Waals surface area contributed by atoms with Gasteiger partial charge in [0.1, 0.15) is 0 Å². The Morgan fingerprint density at radius 1 is 1.35 bits per heavy atom. The fourth-order valence-electron chi connectivity index (χ4n) is 2.98. The monoisotopic (exact) mass is 348 g/mol. The standard InChI is InChI=1S/C18H21ClN2OS/c1-18(2,3)11-8-9-14-15(10-11)23-17(20-14)21-16(22)12-6-4-5-7-13(12)19/h4-7,11H,8-10H2,1-3H3,(H,20,21,22)/t11-/m1/s1. The maximum Gasteiger partial charge on any atom is 0.258 e. The Kier molecular flexibility index (Phi) is 4.47. The molecule has 0 radical (unpaired) electrons. The van der Waals surface area contributed by atoms with Crippen molar-refractivity contribution in [1.29, 1.82) is 0 Å². The number of anilines is 1. The molecule has 1 aliphatic carbocycles. The normalized spacial score (nSPS) is 17.7. The van der Waals surface area contributed by atoms with Gasteiger partial charge < -0.3 is 0 Å². The number of halogens is 1. The summed E-state index contributed by atoms with van der Waals surface area (Å²) in [7, 11) is 0. The highest BCUT2D eigenvalue weighted by Gasteiger charge is 2.30. The van der Waals surface area contributed by atoms with Crippen LogP contribution >= 0.6 is 22.9 Å². The maximum absolute atomic E-state index is 12.3. The number of aromatic nitrogens is 1. The van der Waals surface area contributed by atoms with Crippen LogP contribution in [-0.4, -0.2) is 10.9 Å². The predicted molar refractivity (Wildman–Crippen MR) is 96.5 cm³/mol. The Hall–Kier alpha value is -1.39. The minimum Gasteiger partial charge on any atom is -0.298 e. The number of nitrogens with zero attached hydrogens (tertiary/aromatic N) is 1. The van der Waals surface area contributed by atoms with E-state index in [1.807, 2.05) is 12.1 Å². The van der Waals surface area contributed by atoms with Gasteiger partial charge in [0.05, 0.1) is 16.3 Å². The van der Waals surface area contributed by atoms with E-state index < -0.39 is 0 Å². The molecule has 1 aromatic carbocycles. The molecule has 0 spiro atoms. The van der Waals surface area contributed by atoms with Crippen LogP contribution in [0, 0.1) is 11.3 Å². The Morgan fingerprint density at radius 2 is 2.09 bits per heavy atom. The second kappa shape index (κ2) is 6.25. The first-order valence-electron chi connectivity index (χ1n) is 7.89. The number of hydrogen-bond donors (Lipinski definition) is 1. The van der Waals surface area contributed by atoms with Gasteiger partial charge in [-0.3, -0.25) is 10.1 Å². The summed E-state index contributed by atoms with van der Waals surface area (Å²) in [6, 6.07) is 7.06. The molecular weight excluding hydrogens is 328 g/mol. The summed E-state index contributed by atoms with van der Waals surface area (Å²) in [5.41, 5.74) is 1.93. The van der Waals surface area contributed by atoms with Crippen molar-refractivity contribution in [3.05, 3.63) is 45.4 Å². The van der Waals surface area contributed by atoms with Crippen LogP contribution in [0.25, 0.3) is 0 Å². The van der Waals surface area contributed by atoms with Crippen LogP contribution in [0.4, 0.5) is 5.13 Å².